The molecule has 0 fully saturated rings. The second kappa shape index (κ2) is 6.21. The highest BCUT2D eigenvalue weighted by atomic mass is 16.5. The molecule has 0 saturated heterocycles. The molecule has 0 spiro atoms. The van der Waals surface area contributed by atoms with Crippen LogP contribution in [0.1, 0.15) is 6.92 Å². The lowest BCUT2D eigenvalue weighted by atomic mass is 10.5. The predicted molar refractivity (Wildman–Crippen MR) is 41.8 cm³/mol. The molecule has 0 bridgehead atoms. The molecule has 0 aliphatic carbocycles. The Morgan fingerprint density at radius 3 is 2.75 bits per heavy atom. The molecule has 12 heavy (non-hydrogen) atoms. The summed E-state index contributed by atoms with van der Waals surface area (Å²) in [7, 11) is 0. The Morgan fingerprint density at radius 2 is 2.25 bits per heavy atom. The van der Waals surface area contributed by atoms with Gasteiger partial charge in [0.1, 0.15) is 0 Å². The first-order valence-corrected chi connectivity index (χ1v) is 3.47. The van der Waals surface area contributed by atoms with Crippen LogP contribution in [-0.2, 0) is 9.53 Å². The molecule has 0 aliphatic heterocycles. The number of hydrogen-bond acceptors (Lipinski definition) is 3. The maximum Gasteiger partial charge on any atom is 0.407 e. The number of carbonyl (C=O) groups excluding carboxylic acids is 1. The van der Waals surface area contributed by atoms with E-state index in [2.05, 4.69) is 10.1 Å². The van der Waals surface area contributed by atoms with Crippen LogP contribution in [0.3, 0.4) is 0 Å². The van der Waals surface area contributed by atoms with Gasteiger partial charge in [0.15, 0.2) is 0 Å². The fourth-order valence-corrected chi connectivity index (χ4v) is 0.484. The number of aliphatic carboxylic acids is 1. The van der Waals surface area contributed by atoms with Crippen LogP contribution < -0.4 is 5.32 Å². The lowest BCUT2D eigenvalue weighted by Crippen LogP contribution is -2.24. The summed E-state index contributed by atoms with van der Waals surface area (Å²) in [5, 5.41) is 10.5. The lowest BCUT2D eigenvalue weighted by Gasteiger charge is -2.00. The number of carboxylic acids is 1. The molecule has 0 heterocycles. The largest absolute Gasteiger partial charge is 0.478 e. The van der Waals surface area contributed by atoms with Gasteiger partial charge in [-0.25, -0.2) is 9.59 Å². The third-order valence-electron chi connectivity index (χ3n) is 0.900. The minimum absolute atomic E-state index is 0.158. The van der Waals surface area contributed by atoms with E-state index in [4.69, 9.17) is 5.11 Å². The van der Waals surface area contributed by atoms with E-state index in [1.54, 1.807) is 6.92 Å². The smallest absolute Gasteiger partial charge is 0.407 e. The van der Waals surface area contributed by atoms with Crippen molar-refractivity contribution in [2.24, 2.45) is 0 Å². The SMILES string of the molecule is CCOC(=O)NCC=CC(=O)O. The molecule has 2 N–H and O–H groups in total. The molecule has 1 amide bonds. The van der Waals surface area contributed by atoms with Gasteiger partial charge in [0.2, 0.25) is 0 Å². The van der Waals surface area contributed by atoms with E-state index in [1.165, 1.54) is 6.08 Å². The summed E-state index contributed by atoms with van der Waals surface area (Å²) < 4.78 is 4.52. The van der Waals surface area contributed by atoms with Crippen molar-refractivity contribution in [3.63, 3.8) is 0 Å². The molecular weight excluding hydrogens is 162 g/mol. The van der Waals surface area contributed by atoms with Crippen LogP contribution in [0.25, 0.3) is 0 Å². The maximum absolute atomic E-state index is 10.6. The van der Waals surface area contributed by atoms with Crippen molar-refractivity contribution >= 4 is 12.1 Å². The average molecular weight is 173 g/mol. The van der Waals surface area contributed by atoms with Crippen LogP contribution in [-0.4, -0.2) is 30.3 Å². The van der Waals surface area contributed by atoms with Gasteiger partial charge >= 0.3 is 12.1 Å². The van der Waals surface area contributed by atoms with Crippen molar-refractivity contribution in [1.82, 2.24) is 5.32 Å². The van der Waals surface area contributed by atoms with Crippen molar-refractivity contribution in [3.05, 3.63) is 12.2 Å². The summed E-state index contributed by atoms with van der Waals surface area (Å²) in [6.07, 6.45) is 1.72. The van der Waals surface area contributed by atoms with Crippen molar-refractivity contribution in [2.45, 2.75) is 6.92 Å². The van der Waals surface area contributed by atoms with E-state index in [0.717, 1.165) is 6.08 Å². The molecule has 0 unspecified atom stereocenters. The van der Waals surface area contributed by atoms with Gasteiger partial charge in [-0.05, 0) is 6.92 Å². The number of ether oxygens (including phenoxy) is 1. The third kappa shape index (κ3) is 6.60. The maximum atomic E-state index is 10.6. The van der Waals surface area contributed by atoms with E-state index >= 15 is 0 Å². The second-order valence-corrected chi connectivity index (χ2v) is 1.84. The highest BCUT2D eigenvalue weighted by molar-refractivity contribution is 5.79. The van der Waals surface area contributed by atoms with Crippen LogP contribution in [0, 0.1) is 0 Å². The van der Waals surface area contributed by atoms with Crippen molar-refractivity contribution in [3.8, 4) is 0 Å². The van der Waals surface area contributed by atoms with Gasteiger partial charge in [-0.3, -0.25) is 0 Å². The highest BCUT2D eigenvalue weighted by Gasteiger charge is 1.95. The minimum atomic E-state index is -1.04. The minimum Gasteiger partial charge on any atom is -0.478 e. The Kier molecular flexibility index (Phi) is 5.42. The molecule has 0 radical (unpaired) electrons. The molecular formula is C7H11NO4. The molecule has 5 heteroatoms. The van der Waals surface area contributed by atoms with Gasteiger partial charge in [-0.15, -0.1) is 0 Å². The summed E-state index contributed by atoms with van der Waals surface area (Å²) >= 11 is 0. The van der Waals surface area contributed by atoms with Crippen LogP contribution in [0.5, 0.6) is 0 Å². The topological polar surface area (TPSA) is 75.6 Å². The van der Waals surface area contributed by atoms with E-state index < -0.39 is 12.1 Å². The second-order valence-electron chi connectivity index (χ2n) is 1.84. The van der Waals surface area contributed by atoms with Crippen molar-refractivity contribution in [2.75, 3.05) is 13.2 Å². The molecule has 5 nitrogen and oxygen atoms in total. The average Bonchev–Trinajstić information content (AvgIpc) is 1.98. The predicted octanol–water partition coefficient (Wildman–Crippen LogP) is 0.373. The highest BCUT2D eigenvalue weighted by Crippen LogP contribution is 1.76. The van der Waals surface area contributed by atoms with Gasteiger partial charge in [-0.2, -0.15) is 0 Å². The molecule has 0 aromatic rings. The van der Waals surface area contributed by atoms with Crippen molar-refractivity contribution in [1.29, 1.82) is 0 Å². The van der Waals surface area contributed by atoms with Crippen LogP contribution in [0.4, 0.5) is 4.79 Å². The van der Waals surface area contributed by atoms with E-state index in [9.17, 15) is 9.59 Å². The lowest BCUT2D eigenvalue weighted by molar-refractivity contribution is -0.131. The number of carboxylic acid groups (broad SMARTS) is 1. The Labute approximate surface area is 70.0 Å². The van der Waals surface area contributed by atoms with Gasteiger partial charge < -0.3 is 15.2 Å². The summed E-state index contributed by atoms with van der Waals surface area (Å²) in [5.41, 5.74) is 0. The first-order chi connectivity index (χ1) is 5.66. The summed E-state index contributed by atoms with van der Waals surface area (Å²) in [6, 6.07) is 0. The molecule has 0 aromatic heterocycles. The summed E-state index contributed by atoms with van der Waals surface area (Å²) in [4.78, 5) is 20.5. The molecule has 0 aliphatic rings. The number of amides is 1. The van der Waals surface area contributed by atoms with E-state index in [-0.39, 0.29) is 6.54 Å². The zero-order valence-electron chi connectivity index (χ0n) is 6.74. The number of nitrogens with one attached hydrogen (secondary N) is 1. The van der Waals surface area contributed by atoms with Gasteiger partial charge in [0, 0.05) is 12.6 Å². The van der Waals surface area contributed by atoms with Gasteiger partial charge in [-0.1, -0.05) is 6.08 Å². The Balaban J connectivity index is 3.43. The standard InChI is InChI=1S/C7H11NO4/c1-2-12-7(11)8-5-3-4-6(9)10/h3-4H,2,5H2,1H3,(H,8,11)(H,9,10). The Bertz CT molecular complexity index is 188. The van der Waals surface area contributed by atoms with Crippen LogP contribution in [0.2, 0.25) is 0 Å². The number of hydrogen-bond donors (Lipinski definition) is 2. The quantitative estimate of drug-likeness (QED) is 0.602. The molecule has 0 saturated carbocycles. The fourth-order valence-electron chi connectivity index (χ4n) is 0.484. The fraction of sp³-hybridized carbons (Fsp3) is 0.429. The van der Waals surface area contributed by atoms with Crippen LogP contribution in [0.15, 0.2) is 12.2 Å². The number of carbonyl (C=O) groups is 2. The van der Waals surface area contributed by atoms with Crippen molar-refractivity contribution < 1.29 is 19.4 Å². The first-order valence-electron chi connectivity index (χ1n) is 3.47. The zero-order chi connectivity index (χ0) is 9.40. The summed E-state index contributed by atoms with van der Waals surface area (Å²) in [5.74, 6) is -1.04. The van der Waals surface area contributed by atoms with E-state index in [0.29, 0.717) is 6.61 Å². The molecule has 0 rings (SSSR count). The monoisotopic (exact) mass is 173 g/mol. The first kappa shape index (κ1) is 10.5. The zero-order valence-corrected chi connectivity index (χ0v) is 6.74. The summed E-state index contributed by atoms with van der Waals surface area (Å²) in [6.45, 7) is 2.15. The molecule has 0 atom stereocenters. The molecule has 68 valence electrons. The Morgan fingerprint density at radius 1 is 1.58 bits per heavy atom. The normalized spacial score (nSPS) is 9.75. The van der Waals surface area contributed by atoms with Gasteiger partial charge in [0.05, 0.1) is 6.61 Å². The van der Waals surface area contributed by atoms with Gasteiger partial charge in [0.25, 0.3) is 0 Å². The Hall–Kier alpha value is -1.52. The van der Waals surface area contributed by atoms with Crippen LogP contribution >= 0.6 is 0 Å². The van der Waals surface area contributed by atoms with E-state index in [1.807, 2.05) is 0 Å². The number of rotatable bonds is 4. The molecule has 0 aromatic carbocycles. The number of alkyl carbamates (subject to hydrolysis) is 1. The third-order valence-corrected chi connectivity index (χ3v) is 0.900.